The molecule has 0 amide bonds. The Morgan fingerprint density at radius 2 is 2.12 bits per heavy atom. The average Bonchev–Trinajstić information content (AvgIpc) is 2.30. The average molecular weight is 225 g/mol. The quantitative estimate of drug-likeness (QED) is 0.684. The third kappa shape index (κ3) is 3.72. The third-order valence-corrected chi connectivity index (χ3v) is 2.17. The van der Waals surface area contributed by atoms with E-state index in [1.807, 2.05) is 25.2 Å². The minimum absolute atomic E-state index is 0.137. The van der Waals surface area contributed by atoms with Crippen LogP contribution in [-0.4, -0.2) is 32.5 Å². The molecule has 0 saturated carbocycles. The van der Waals surface area contributed by atoms with Crippen molar-refractivity contribution in [2.24, 2.45) is 0 Å². The Hall–Kier alpha value is -1.26. The van der Waals surface area contributed by atoms with Crippen LogP contribution in [0.5, 0.6) is 11.5 Å². The molecule has 0 atom stereocenters. The van der Waals surface area contributed by atoms with Crippen molar-refractivity contribution in [3.05, 3.63) is 23.8 Å². The molecule has 1 rings (SSSR count). The van der Waals surface area contributed by atoms with E-state index in [0.29, 0.717) is 13.0 Å². The highest BCUT2D eigenvalue weighted by molar-refractivity contribution is 5.42. The van der Waals surface area contributed by atoms with Gasteiger partial charge in [-0.2, -0.15) is 0 Å². The van der Waals surface area contributed by atoms with Crippen LogP contribution in [-0.2, 0) is 6.54 Å². The van der Waals surface area contributed by atoms with Crippen molar-refractivity contribution in [1.82, 2.24) is 5.32 Å². The highest BCUT2D eigenvalue weighted by Gasteiger charge is 2.05. The molecule has 0 aliphatic heterocycles. The summed E-state index contributed by atoms with van der Waals surface area (Å²) in [6, 6.07) is 5.84. The van der Waals surface area contributed by atoms with E-state index in [0.717, 1.165) is 23.6 Å². The van der Waals surface area contributed by atoms with Crippen LogP contribution in [0.3, 0.4) is 0 Å². The Kier molecular flexibility index (Phi) is 5.67. The van der Waals surface area contributed by atoms with E-state index < -0.39 is 0 Å². The molecule has 4 nitrogen and oxygen atoms in total. The summed E-state index contributed by atoms with van der Waals surface area (Å²) in [5, 5.41) is 11.8. The second-order valence-corrected chi connectivity index (χ2v) is 3.44. The molecule has 4 heteroatoms. The molecule has 0 aliphatic rings. The van der Waals surface area contributed by atoms with Crippen molar-refractivity contribution in [3.63, 3.8) is 0 Å². The summed E-state index contributed by atoms with van der Waals surface area (Å²) in [7, 11) is 3.52. The number of aliphatic hydroxyl groups is 1. The van der Waals surface area contributed by atoms with Gasteiger partial charge in [0.15, 0.2) is 11.5 Å². The Labute approximate surface area is 96.2 Å². The summed E-state index contributed by atoms with van der Waals surface area (Å²) in [6.07, 6.45) is 0.624. The Morgan fingerprint density at radius 3 is 2.75 bits per heavy atom. The predicted molar refractivity (Wildman–Crippen MR) is 63.0 cm³/mol. The lowest BCUT2D eigenvalue weighted by atomic mass is 10.2. The van der Waals surface area contributed by atoms with Crippen molar-refractivity contribution in [2.45, 2.75) is 13.0 Å². The normalized spacial score (nSPS) is 10.2. The van der Waals surface area contributed by atoms with Gasteiger partial charge in [0, 0.05) is 19.6 Å². The first kappa shape index (κ1) is 12.8. The van der Waals surface area contributed by atoms with E-state index in [-0.39, 0.29) is 6.61 Å². The minimum Gasteiger partial charge on any atom is -0.493 e. The lowest BCUT2D eigenvalue weighted by Gasteiger charge is -2.11. The number of nitrogens with one attached hydrogen (secondary N) is 1. The van der Waals surface area contributed by atoms with Gasteiger partial charge in [-0.3, -0.25) is 0 Å². The molecule has 2 N–H and O–H groups in total. The molecule has 0 saturated heterocycles. The highest BCUT2D eigenvalue weighted by Crippen LogP contribution is 2.28. The zero-order valence-electron chi connectivity index (χ0n) is 9.82. The molecule has 90 valence electrons. The van der Waals surface area contributed by atoms with Gasteiger partial charge in [0.05, 0.1) is 13.7 Å². The second kappa shape index (κ2) is 7.09. The predicted octanol–water partition coefficient (Wildman–Crippen LogP) is 1.18. The Balaban J connectivity index is 2.72. The number of methoxy groups -OCH3 is 1. The van der Waals surface area contributed by atoms with E-state index in [1.54, 1.807) is 7.11 Å². The van der Waals surface area contributed by atoms with E-state index in [4.69, 9.17) is 14.6 Å². The van der Waals surface area contributed by atoms with Gasteiger partial charge in [-0.25, -0.2) is 0 Å². The van der Waals surface area contributed by atoms with E-state index >= 15 is 0 Å². The van der Waals surface area contributed by atoms with Crippen LogP contribution in [0.4, 0.5) is 0 Å². The number of aliphatic hydroxyl groups excluding tert-OH is 1. The molecular formula is C12H19NO3. The number of ether oxygens (including phenoxy) is 2. The fraction of sp³-hybridized carbons (Fsp3) is 0.500. The smallest absolute Gasteiger partial charge is 0.161 e. The van der Waals surface area contributed by atoms with Gasteiger partial charge in [-0.1, -0.05) is 6.07 Å². The van der Waals surface area contributed by atoms with E-state index in [9.17, 15) is 0 Å². The fourth-order valence-electron chi connectivity index (χ4n) is 1.39. The molecule has 0 bridgehead atoms. The summed E-state index contributed by atoms with van der Waals surface area (Å²) in [5.41, 5.74) is 1.14. The van der Waals surface area contributed by atoms with Crippen molar-refractivity contribution in [3.8, 4) is 11.5 Å². The molecule has 0 fully saturated rings. The van der Waals surface area contributed by atoms with Gasteiger partial charge in [0.2, 0.25) is 0 Å². The first-order valence-corrected chi connectivity index (χ1v) is 5.37. The summed E-state index contributed by atoms with van der Waals surface area (Å²) >= 11 is 0. The van der Waals surface area contributed by atoms with Crippen LogP contribution >= 0.6 is 0 Å². The Morgan fingerprint density at radius 1 is 1.31 bits per heavy atom. The highest BCUT2D eigenvalue weighted by atomic mass is 16.5. The van der Waals surface area contributed by atoms with Crippen molar-refractivity contribution >= 4 is 0 Å². The molecule has 0 spiro atoms. The van der Waals surface area contributed by atoms with E-state index in [1.165, 1.54) is 0 Å². The van der Waals surface area contributed by atoms with Crippen molar-refractivity contribution < 1.29 is 14.6 Å². The summed E-state index contributed by atoms with van der Waals surface area (Å²) in [4.78, 5) is 0. The first-order chi connectivity index (χ1) is 7.81. The van der Waals surface area contributed by atoms with Gasteiger partial charge in [-0.05, 0) is 24.7 Å². The monoisotopic (exact) mass is 225 g/mol. The summed E-state index contributed by atoms with van der Waals surface area (Å²) < 4.78 is 10.7. The molecule has 0 aromatic heterocycles. The fourth-order valence-corrected chi connectivity index (χ4v) is 1.39. The Bertz CT molecular complexity index is 315. The third-order valence-electron chi connectivity index (χ3n) is 2.17. The summed E-state index contributed by atoms with van der Waals surface area (Å²) in [5.74, 6) is 1.45. The number of benzene rings is 1. The first-order valence-electron chi connectivity index (χ1n) is 5.37. The van der Waals surface area contributed by atoms with Crippen LogP contribution in [0.25, 0.3) is 0 Å². The maximum absolute atomic E-state index is 8.69. The number of rotatable bonds is 7. The summed E-state index contributed by atoms with van der Waals surface area (Å²) in [6.45, 7) is 1.43. The molecule has 1 aromatic carbocycles. The van der Waals surface area contributed by atoms with Gasteiger partial charge in [0.1, 0.15) is 0 Å². The van der Waals surface area contributed by atoms with E-state index in [2.05, 4.69) is 5.32 Å². The number of hydrogen-bond acceptors (Lipinski definition) is 4. The topological polar surface area (TPSA) is 50.7 Å². The lowest BCUT2D eigenvalue weighted by Crippen LogP contribution is -2.06. The maximum atomic E-state index is 8.69. The standard InChI is InChI=1S/C12H19NO3/c1-13-9-10-4-5-11(15-2)12(8-10)16-7-3-6-14/h4-5,8,13-14H,3,6-7,9H2,1-2H3. The zero-order chi connectivity index (χ0) is 11.8. The molecule has 16 heavy (non-hydrogen) atoms. The van der Waals surface area contributed by atoms with Gasteiger partial charge >= 0.3 is 0 Å². The van der Waals surface area contributed by atoms with Crippen LogP contribution in [0.2, 0.25) is 0 Å². The molecular weight excluding hydrogens is 206 g/mol. The van der Waals surface area contributed by atoms with Crippen LogP contribution in [0.1, 0.15) is 12.0 Å². The SMILES string of the molecule is CNCc1ccc(OC)c(OCCCO)c1. The molecule has 0 aliphatic carbocycles. The molecule has 0 unspecified atom stereocenters. The minimum atomic E-state index is 0.137. The van der Waals surface area contributed by atoms with Gasteiger partial charge in [-0.15, -0.1) is 0 Å². The second-order valence-electron chi connectivity index (χ2n) is 3.44. The van der Waals surface area contributed by atoms with Gasteiger partial charge in [0.25, 0.3) is 0 Å². The maximum Gasteiger partial charge on any atom is 0.161 e. The van der Waals surface area contributed by atoms with Crippen LogP contribution in [0.15, 0.2) is 18.2 Å². The zero-order valence-corrected chi connectivity index (χ0v) is 9.82. The largest absolute Gasteiger partial charge is 0.493 e. The van der Waals surface area contributed by atoms with Gasteiger partial charge < -0.3 is 19.9 Å². The van der Waals surface area contributed by atoms with Crippen molar-refractivity contribution in [2.75, 3.05) is 27.4 Å². The lowest BCUT2D eigenvalue weighted by molar-refractivity contribution is 0.228. The van der Waals surface area contributed by atoms with Crippen LogP contribution < -0.4 is 14.8 Å². The van der Waals surface area contributed by atoms with Crippen molar-refractivity contribution in [1.29, 1.82) is 0 Å². The molecule has 0 heterocycles. The van der Waals surface area contributed by atoms with Crippen LogP contribution in [0, 0.1) is 0 Å². The molecule has 1 aromatic rings. The number of hydrogen-bond donors (Lipinski definition) is 2. The molecule has 0 radical (unpaired) electrons.